The van der Waals surface area contributed by atoms with E-state index in [9.17, 15) is 14.4 Å². The van der Waals surface area contributed by atoms with E-state index in [4.69, 9.17) is 4.74 Å². The number of allylic oxidation sites excluding steroid dienone is 2. The fourth-order valence-corrected chi connectivity index (χ4v) is 4.50. The normalized spacial score (nSPS) is 27.8. The van der Waals surface area contributed by atoms with Crippen molar-refractivity contribution in [1.29, 1.82) is 0 Å². The van der Waals surface area contributed by atoms with Gasteiger partial charge in [0.1, 0.15) is 11.4 Å². The first kappa shape index (κ1) is 18.7. The Morgan fingerprint density at radius 2 is 1.79 bits per heavy atom. The highest BCUT2D eigenvalue weighted by atomic mass is 16.5. The van der Waals surface area contributed by atoms with Gasteiger partial charge < -0.3 is 10.1 Å². The number of rotatable bonds is 4. The van der Waals surface area contributed by atoms with Gasteiger partial charge in [0.15, 0.2) is 0 Å². The summed E-state index contributed by atoms with van der Waals surface area (Å²) in [6.45, 7) is 4.14. The van der Waals surface area contributed by atoms with Crippen LogP contribution in [0.2, 0.25) is 0 Å². The summed E-state index contributed by atoms with van der Waals surface area (Å²) >= 11 is 0. The average molecular weight is 382 g/mol. The molecule has 0 unspecified atom stereocenters. The molecule has 3 atom stereocenters. The van der Waals surface area contributed by atoms with Gasteiger partial charge in [0.2, 0.25) is 17.7 Å². The lowest BCUT2D eigenvalue weighted by atomic mass is 9.85. The molecule has 0 spiro atoms. The quantitative estimate of drug-likeness (QED) is 0.642. The molecule has 148 valence electrons. The van der Waals surface area contributed by atoms with Crippen molar-refractivity contribution in [3.8, 4) is 5.75 Å². The number of para-hydroxylation sites is 1. The van der Waals surface area contributed by atoms with Gasteiger partial charge in [-0.25, -0.2) is 0 Å². The maximum atomic E-state index is 12.6. The SMILES string of the molecule is CC1(C)C[C@@H](NC(=O)CCN2C(=O)[C@H]3CC=CC[C@H]3C2=O)c2ccccc2O1. The molecule has 0 radical (unpaired) electrons. The van der Waals surface area contributed by atoms with Crippen molar-refractivity contribution in [2.45, 2.75) is 51.2 Å². The van der Waals surface area contributed by atoms with Crippen molar-refractivity contribution in [1.82, 2.24) is 10.2 Å². The highest BCUT2D eigenvalue weighted by Gasteiger charge is 2.47. The fourth-order valence-electron chi connectivity index (χ4n) is 4.50. The molecule has 1 N–H and O–H groups in total. The Morgan fingerprint density at radius 1 is 1.14 bits per heavy atom. The van der Waals surface area contributed by atoms with Crippen LogP contribution in [0.1, 0.15) is 51.1 Å². The first-order valence-electron chi connectivity index (χ1n) is 9.93. The first-order chi connectivity index (χ1) is 13.4. The fraction of sp³-hybridized carbons (Fsp3) is 0.500. The van der Waals surface area contributed by atoms with E-state index in [1.807, 2.05) is 50.3 Å². The maximum Gasteiger partial charge on any atom is 0.233 e. The summed E-state index contributed by atoms with van der Waals surface area (Å²) < 4.78 is 6.00. The van der Waals surface area contributed by atoms with Crippen LogP contribution in [0, 0.1) is 11.8 Å². The van der Waals surface area contributed by atoms with Crippen LogP contribution in [-0.4, -0.2) is 34.8 Å². The highest BCUT2D eigenvalue weighted by Crippen LogP contribution is 2.39. The zero-order valence-corrected chi connectivity index (χ0v) is 16.3. The molecular formula is C22H26N2O4. The van der Waals surface area contributed by atoms with Gasteiger partial charge in [0.25, 0.3) is 0 Å². The van der Waals surface area contributed by atoms with Crippen molar-refractivity contribution in [2.24, 2.45) is 11.8 Å². The summed E-state index contributed by atoms with van der Waals surface area (Å²) in [5, 5.41) is 3.07. The third-order valence-corrected chi connectivity index (χ3v) is 5.87. The Labute approximate surface area is 164 Å². The number of ether oxygens (including phenoxy) is 1. The third-order valence-electron chi connectivity index (χ3n) is 5.87. The molecule has 1 saturated heterocycles. The van der Waals surface area contributed by atoms with Crippen LogP contribution >= 0.6 is 0 Å². The summed E-state index contributed by atoms with van der Waals surface area (Å²) in [5.74, 6) is -0.140. The van der Waals surface area contributed by atoms with Gasteiger partial charge in [0, 0.05) is 24.9 Å². The number of hydrogen-bond acceptors (Lipinski definition) is 4. The number of imide groups is 1. The molecule has 4 rings (SSSR count). The van der Waals surface area contributed by atoms with E-state index in [1.54, 1.807) is 0 Å². The van der Waals surface area contributed by atoms with Gasteiger partial charge >= 0.3 is 0 Å². The van der Waals surface area contributed by atoms with Crippen LogP contribution in [0.15, 0.2) is 36.4 Å². The van der Waals surface area contributed by atoms with E-state index < -0.39 is 0 Å². The molecule has 3 aliphatic rings. The Morgan fingerprint density at radius 3 is 2.46 bits per heavy atom. The van der Waals surface area contributed by atoms with Crippen molar-refractivity contribution in [3.05, 3.63) is 42.0 Å². The van der Waals surface area contributed by atoms with Gasteiger partial charge in [-0.05, 0) is 32.8 Å². The summed E-state index contributed by atoms with van der Waals surface area (Å²) in [7, 11) is 0. The molecule has 28 heavy (non-hydrogen) atoms. The molecule has 6 nitrogen and oxygen atoms in total. The number of nitrogens with zero attached hydrogens (tertiary/aromatic N) is 1. The predicted octanol–water partition coefficient (Wildman–Crippen LogP) is 2.75. The maximum absolute atomic E-state index is 12.6. The number of fused-ring (bicyclic) bond motifs is 2. The lowest BCUT2D eigenvalue weighted by molar-refractivity contribution is -0.140. The Hall–Kier alpha value is -2.63. The van der Waals surface area contributed by atoms with Gasteiger partial charge in [-0.2, -0.15) is 0 Å². The summed E-state index contributed by atoms with van der Waals surface area (Å²) in [4.78, 5) is 38.9. The van der Waals surface area contributed by atoms with Crippen LogP contribution in [0.4, 0.5) is 0 Å². The molecule has 0 aromatic heterocycles. The van der Waals surface area contributed by atoms with Crippen molar-refractivity contribution in [2.75, 3.05) is 6.54 Å². The molecule has 1 fully saturated rings. The van der Waals surface area contributed by atoms with Crippen molar-refractivity contribution >= 4 is 17.7 Å². The van der Waals surface area contributed by atoms with Crippen LogP contribution in [0.25, 0.3) is 0 Å². The minimum Gasteiger partial charge on any atom is -0.487 e. The zero-order chi connectivity index (χ0) is 19.9. The molecule has 2 heterocycles. The number of amides is 3. The Balaban J connectivity index is 1.39. The molecule has 3 amide bonds. The average Bonchev–Trinajstić information content (AvgIpc) is 2.90. The number of benzene rings is 1. The van der Waals surface area contributed by atoms with Gasteiger partial charge in [-0.15, -0.1) is 0 Å². The molecular weight excluding hydrogens is 356 g/mol. The largest absolute Gasteiger partial charge is 0.487 e. The monoisotopic (exact) mass is 382 g/mol. The van der Waals surface area contributed by atoms with Gasteiger partial charge in [0.05, 0.1) is 17.9 Å². The van der Waals surface area contributed by atoms with Crippen LogP contribution in [0.3, 0.4) is 0 Å². The van der Waals surface area contributed by atoms with E-state index in [1.165, 1.54) is 4.90 Å². The summed E-state index contributed by atoms with van der Waals surface area (Å²) in [6.07, 6.45) is 5.94. The van der Waals surface area contributed by atoms with Crippen molar-refractivity contribution in [3.63, 3.8) is 0 Å². The smallest absolute Gasteiger partial charge is 0.233 e. The summed E-state index contributed by atoms with van der Waals surface area (Å²) in [6, 6.07) is 7.56. The standard InChI is InChI=1S/C22H26N2O4/c1-22(2)13-17(16-9-5-6-10-18(16)28-22)23-19(25)11-12-24-20(26)14-7-3-4-8-15(14)21(24)27/h3-6,9-10,14-15,17H,7-8,11-13H2,1-2H3,(H,23,25)/t14-,15+,17-/m1/s1. The molecule has 1 aromatic carbocycles. The third kappa shape index (κ3) is 3.43. The highest BCUT2D eigenvalue weighted by molar-refractivity contribution is 6.05. The number of carbonyl (C=O) groups is 3. The molecule has 1 aromatic rings. The zero-order valence-electron chi connectivity index (χ0n) is 16.3. The second kappa shape index (κ2) is 7.08. The minimum absolute atomic E-state index is 0.115. The van der Waals surface area contributed by atoms with Gasteiger partial charge in [-0.3, -0.25) is 19.3 Å². The van der Waals surface area contributed by atoms with E-state index >= 15 is 0 Å². The van der Waals surface area contributed by atoms with E-state index in [0.717, 1.165) is 11.3 Å². The van der Waals surface area contributed by atoms with Crippen LogP contribution in [0.5, 0.6) is 5.75 Å². The van der Waals surface area contributed by atoms with Crippen LogP contribution in [-0.2, 0) is 14.4 Å². The van der Waals surface area contributed by atoms with Crippen molar-refractivity contribution < 1.29 is 19.1 Å². The Kier molecular flexibility index (Phi) is 4.73. The minimum atomic E-state index is -0.379. The summed E-state index contributed by atoms with van der Waals surface area (Å²) in [5.41, 5.74) is 0.580. The van der Waals surface area contributed by atoms with Crippen LogP contribution < -0.4 is 10.1 Å². The topological polar surface area (TPSA) is 75.7 Å². The number of hydrogen-bond donors (Lipinski definition) is 1. The lowest BCUT2D eigenvalue weighted by Gasteiger charge is -2.38. The van der Waals surface area contributed by atoms with Gasteiger partial charge in [-0.1, -0.05) is 30.4 Å². The molecule has 0 saturated carbocycles. The number of nitrogens with one attached hydrogen (secondary N) is 1. The number of likely N-dealkylation sites (tertiary alicyclic amines) is 1. The Bertz CT molecular complexity index is 819. The predicted molar refractivity (Wildman–Crippen MR) is 103 cm³/mol. The van der Waals surface area contributed by atoms with E-state index in [2.05, 4.69) is 5.32 Å². The lowest BCUT2D eigenvalue weighted by Crippen LogP contribution is -2.42. The number of carbonyl (C=O) groups excluding carboxylic acids is 3. The molecule has 2 aliphatic heterocycles. The van der Waals surface area contributed by atoms with E-state index in [0.29, 0.717) is 19.3 Å². The second-order valence-corrected chi connectivity index (χ2v) is 8.46. The molecule has 1 aliphatic carbocycles. The molecule has 6 heteroatoms. The first-order valence-corrected chi connectivity index (χ1v) is 9.93. The second-order valence-electron chi connectivity index (χ2n) is 8.46. The van der Waals surface area contributed by atoms with E-state index in [-0.39, 0.29) is 54.2 Å². The molecule has 0 bridgehead atoms.